The highest BCUT2D eigenvalue weighted by molar-refractivity contribution is 5.94. The van der Waals surface area contributed by atoms with Crippen LogP contribution in [0.3, 0.4) is 0 Å². The summed E-state index contributed by atoms with van der Waals surface area (Å²) in [4.78, 5) is 41.1. The number of unbranched alkanes of at least 4 members (excludes halogenated alkanes) is 6. The summed E-state index contributed by atoms with van der Waals surface area (Å²) >= 11 is 0. The summed E-state index contributed by atoms with van der Waals surface area (Å²) in [5.41, 5.74) is 0.405. The van der Waals surface area contributed by atoms with Gasteiger partial charge < -0.3 is 16.0 Å². The highest BCUT2D eigenvalue weighted by Crippen LogP contribution is 2.08. The van der Waals surface area contributed by atoms with Crippen LogP contribution in [0.15, 0.2) is 24.5 Å². The maximum Gasteiger partial charge on any atom is 0.252 e. The number of hydrogen-bond acceptors (Lipinski definition) is 4. The van der Waals surface area contributed by atoms with Crippen LogP contribution in [-0.4, -0.2) is 35.3 Å². The number of nitrogens with one attached hydrogen (secondary N) is 3. The molecule has 1 rings (SSSR count). The molecule has 0 unspecified atom stereocenters. The molecule has 31 heavy (non-hydrogen) atoms. The van der Waals surface area contributed by atoms with E-state index < -0.39 is 6.04 Å². The van der Waals surface area contributed by atoms with Gasteiger partial charge in [-0.05, 0) is 30.9 Å². The summed E-state index contributed by atoms with van der Waals surface area (Å²) in [6, 6.07) is 2.48. The van der Waals surface area contributed by atoms with Crippen LogP contribution in [-0.2, 0) is 9.59 Å². The predicted octanol–water partition coefficient (Wildman–Crippen LogP) is 3.76. The van der Waals surface area contributed by atoms with E-state index in [1.54, 1.807) is 24.9 Å². The zero-order chi connectivity index (χ0) is 22.9. The van der Waals surface area contributed by atoms with E-state index in [-0.39, 0.29) is 24.3 Å². The molecule has 1 aromatic heterocycles. The maximum atomic E-state index is 12.6. The number of amides is 3. The zero-order valence-electron chi connectivity index (χ0n) is 19.3. The lowest BCUT2D eigenvalue weighted by Gasteiger charge is -2.19. The standard InChI is InChI=1S/C24H39N4O3/c1-4-5-6-7-8-9-10-13-22(29)28-21(24(31)26-16-14-19(2)3)18-27-23(30)20-12-11-15-25-17-20/h11-12,15-17,19,21H,4-10,13-14,18H2,1-3H3,(H,26,31)(H,27,30)(H,28,29)/t21-/m0/s1. The monoisotopic (exact) mass is 431 g/mol. The second kappa shape index (κ2) is 16.3. The Bertz CT molecular complexity index is 649. The molecule has 7 heteroatoms. The number of carbonyl (C=O) groups excluding carboxylic acids is 3. The summed E-state index contributed by atoms with van der Waals surface area (Å²) in [7, 11) is 0. The van der Waals surface area contributed by atoms with Gasteiger partial charge in [-0.25, -0.2) is 0 Å². The number of rotatable bonds is 16. The van der Waals surface area contributed by atoms with E-state index in [2.05, 4.69) is 41.7 Å². The van der Waals surface area contributed by atoms with E-state index in [0.29, 0.717) is 17.9 Å². The Labute approximate surface area is 187 Å². The smallest absolute Gasteiger partial charge is 0.252 e. The minimum Gasteiger partial charge on any atom is -0.349 e. The third-order valence-electron chi connectivity index (χ3n) is 4.88. The maximum absolute atomic E-state index is 12.6. The molecule has 1 heterocycles. The number of carbonyl (C=O) groups is 3. The first-order valence-corrected chi connectivity index (χ1v) is 11.5. The third kappa shape index (κ3) is 12.8. The predicted molar refractivity (Wildman–Crippen MR) is 123 cm³/mol. The first-order valence-electron chi connectivity index (χ1n) is 11.5. The van der Waals surface area contributed by atoms with Crippen molar-refractivity contribution in [1.29, 1.82) is 0 Å². The fourth-order valence-electron chi connectivity index (χ4n) is 3.01. The van der Waals surface area contributed by atoms with Gasteiger partial charge in [-0.1, -0.05) is 59.3 Å². The van der Waals surface area contributed by atoms with Crippen molar-refractivity contribution in [1.82, 2.24) is 20.9 Å². The summed E-state index contributed by atoms with van der Waals surface area (Å²) in [6.07, 6.45) is 12.0. The Kier molecular flexibility index (Phi) is 14.0. The first kappa shape index (κ1) is 26.6. The van der Waals surface area contributed by atoms with Gasteiger partial charge >= 0.3 is 0 Å². The molecule has 0 aliphatic carbocycles. The van der Waals surface area contributed by atoms with E-state index in [9.17, 15) is 14.4 Å². The lowest BCUT2D eigenvalue weighted by molar-refractivity contribution is -0.128. The van der Waals surface area contributed by atoms with Crippen molar-refractivity contribution in [3.05, 3.63) is 36.6 Å². The zero-order valence-corrected chi connectivity index (χ0v) is 19.3. The molecule has 0 aliphatic rings. The lowest BCUT2D eigenvalue weighted by Crippen LogP contribution is -2.52. The van der Waals surface area contributed by atoms with Crippen molar-refractivity contribution in [3.8, 4) is 0 Å². The number of pyridine rings is 1. The van der Waals surface area contributed by atoms with Crippen LogP contribution in [0.2, 0.25) is 0 Å². The van der Waals surface area contributed by atoms with Gasteiger partial charge in [0.2, 0.25) is 11.8 Å². The third-order valence-corrected chi connectivity index (χ3v) is 4.88. The van der Waals surface area contributed by atoms with Crippen LogP contribution in [0.4, 0.5) is 0 Å². The Morgan fingerprint density at radius 3 is 2.42 bits per heavy atom. The van der Waals surface area contributed by atoms with Gasteiger partial charge in [-0.2, -0.15) is 0 Å². The molecule has 0 fully saturated rings. The molecule has 1 atom stereocenters. The van der Waals surface area contributed by atoms with Crippen LogP contribution >= 0.6 is 0 Å². The highest BCUT2D eigenvalue weighted by atomic mass is 16.2. The van der Waals surface area contributed by atoms with Gasteiger partial charge in [0, 0.05) is 31.9 Å². The molecule has 3 amide bonds. The molecule has 7 nitrogen and oxygen atoms in total. The molecule has 3 N–H and O–H groups in total. The molecule has 0 aromatic carbocycles. The van der Waals surface area contributed by atoms with Gasteiger partial charge in [-0.3, -0.25) is 19.4 Å². The van der Waals surface area contributed by atoms with E-state index in [1.165, 1.54) is 31.9 Å². The quantitative estimate of drug-likeness (QED) is 0.347. The largest absolute Gasteiger partial charge is 0.349 e. The van der Waals surface area contributed by atoms with Crippen molar-refractivity contribution >= 4 is 17.7 Å². The Morgan fingerprint density at radius 2 is 1.77 bits per heavy atom. The number of hydrogen-bond donors (Lipinski definition) is 3. The molecule has 0 spiro atoms. The molecule has 1 aromatic rings. The molecular formula is C24H39N4O3. The molecule has 0 bridgehead atoms. The highest BCUT2D eigenvalue weighted by Gasteiger charge is 2.21. The van der Waals surface area contributed by atoms with Gasteiger partial charge in [0.15, 0.2) is 0 Å². The van der Waals surface area contributed by atoms with Crippen LogP contribution in [0.5, 0.6) is 0 Å². The molecular weight excluding hydrogens is 392 g/mol. The number of aromatic nitrogens is 1. The Morgan fingerprint density at radius 1 is 1.06 bits per heavy atom. The van der Waals surface area contributed by atoms with E-state index in [1.807, 2.05) is 0 Å². The summed E-state index contributed by atoms with van der Waals surface area (Å²) in [5, 5.41) is 8.22. The molecule has 0 aliphatic heterocycles. The summed E-state index contributed by atoms with van der Waals surface area (Å²) in [5.74, 6) is -0.428. The van der Waals surface area contributed by atoms with Gasteiger partial charge in [0.1, 0.15) is 6.04 Å². The average molecular weight is 432 g/mol. The fraction of sp³-hybridized carbons (Fsp3) is 0.625. The van der Waals surface area contributed by atoms with Crippen LogP contribution in [0.25, 0.3) is 0 Å². The van der Waals surface area contributed by atoms with Gasteiger partial charge in [-0.15, -0.1) is 0 Å². The van der Waals surface area contributed by atoms with Crippen LogP contribution in [0, 0.1) is 12.5 Å². The van der Waals surface area contributed by atoms with Crippen molar-refractivity contribution in [3.63, 3.8) is 0 Å². The van der Waals surface area contributed by atoms with Crippen LogP contribution < -0.4 is 16.0 Å². The molecule has 173 valence electrons. The van der Waals surface area contributed by atoms with Gasteiger partial charge in [0.25, 0.3) is 5.91 Å². The Balaban J connectivity index is 2.50. The van der Waals surface area contributed by atoms with Crippen molar-refractivity contribution in [2.75, 3.05) is 6.54 Å². The SMILES string of the molecule is CCCCCCCCCC(=O)N[C@@H](CNC(=O)c1cccnc1)C(=O)N[CH]CC(C)C. The second-order valence-electron chi connectivity index (χ2n) is 8.29. The number of nitrogens with zero attached hydrogens (tertiary/aromatic N) is 1. The van der Waals surface area contributed by atoms with Crippen molar-refractivity contribution < 1.29 is 14.4 Å². The topological polar surface area (TPSA) is 100 Å². The normalized spacial score (nSPS) is 11.7. The summed E-state index contributed by atoms with van der Waals surface area (Å²) in [6.45, 7) is 8.01. The first-order chi connectivity index (χ1) is 14.9. The fourth-order valence-corrected chi connectivity index (χ4v) is 3.01. The van der Waals surface area contributed by atoms with E-state index >= 15 is 0 Å². The minimum atomic E-state index is -0.832. The van der Waals surface area contributed by atoms with Crippen LogP contribution in [0.1, 0.15) is 88.9 Å². The minimum absolute atomic E-state index is 0.0117. The van der Waals surface area contributed by atoms with Crippen molar-refractivity contribution in [2.24, 2.45) is 5.92 Å². The lowest BCUT2D eigenvalue weighted by atomic mass is 10.1. The Hall–Kier alpha value is -2.44. The molecule has 1 radical (unpaired) electrons. The van der Waals surface area contributed by atoms with E-state index in [4.69, 9.17) is 0 Å². The van der Waals surface area contributed by atoms with Crippen molar-refractivity contribution in [2.45, 2.75) is 84.6 Å². The average Bonchev–Trinajstić information content (AvgIpc) is 2.76. The second-order valence-corrected chi connectivity index (χ2v) is 8.29. The molecule has 0 saturated heterocycles. The van der Waals surface area contributed by atoms with Gasteiger partial charge in [0.05, 0.1) is 5.56 Å². The summed E-state index contributed by atoms with van der Waals surface area (Å²) < 4.78 is 0. The molecule has 0 saturated carbocycles. The van der Waals surface area contributed by atoms with E-state index in [0.717, 1.165) is 25.7 Å².